The number of ether oxygens (including phenoxy) is 2. The summed E-state index contributed by atoms with van der Waals surface area (Å²) < 4.78 is 11.9. The molecule has 2 aromatic heterocycles. The predicted molar refractivity (Wildman–Crippen MR) is 213 cm³/mol. The molecule has 2 atom stereocenters. The van der Waals surface area contributed by atoms with Crippen LogP contribution in [0.2, 0.25) is 0 Å². The summed E-state index contributed by atoms with van der Waals surface area (Å²) in [4.78, 5) is 28.0. The molecule has 276 valence electrons. The number of nitrogens with zero attached hydrogens (tertiary/aromatic N) is 6. The molecule has 2 aliphatic heterocycles. The number of benzene rings is 4. The van der Waals surface area contributed by atoms with E-state index in [-0.39, 0.29) is 74.2 Å². The van der Waals surface area contributed by atoms with Crippen molar-refractivity contribution >= 4 is 58.7 Å². The van der Waals surface area contributed by atoms with E-state index in [9.17, 15) is 0 Å². The smallest absolute Gasteiger partial charge is 1.00 e. The van der Waals surface area contributed by atoms with Gasteiger partial charge in [-0.25, -0.2) is 0 Å². The van der Waals surface area contributed by atoms with Gasteiger partial charge in [0, 0.05) is 48.9 Å². The van der Waals surface area contributed by atoms with Crippen molar-refractivity contribution in [2.75, 3.05) is 60.7 Å². The fourth-order valence-electron chi connectivity index (χ4n) is 5.87. The fourth-order valence-corrected chi connectivity index (χ4v) is 5.87. The molecule has 16 heteroatoms. The van der Waals surface area contributed by atoms with Crippen LogP contribution < -0.4 is 91.0 Å². The van der Waals surface area contributed by atoms with Crippen LogP contribution in [0.25, 0.3) is 12.2 Å². The Balaban J connectivity index is 0.00000186. The predicted octanol–water partition coefficient (Wildman–Crippen LogP) is 0.756. The Kier molecular flexibility index (Phi) is 15.3. The van der Waals surface area contributed by atoms with Gasteiger partial charge in [0.1, 0.15) is 12.2 Å². The Labute approximate surface area is 372 Å². The monoisotopic (exact) mass is 768 g/mol. The van der Waals surface area contributed by atoms with Crippen LogP contribution in [0.1, 0.15) is 37.8 Å². The Morgan fingerprint density at radius 2 is 0.804 bits per heavy atom. The third-order valence-electron chi connectivity index (χ3n) is 8.60. The van der Waals surface area contributed by atoms with Crippen LogP contribution in [0.15, 0.2) is 109 Å². The molecule has 6 aromatic rings. The maximum absolute atomic E-state index is 5.94. The van der Waals surface area contributed by atoms with Gasteiger partial charge in [-0.05, 0) is 59.7 Å². The zero-order valence-electron chi connectivity index (χ0n) is 33.4. The second-order valence-electron chi connectivity index (χ2n) is 12.6. The topological polar surface area (TPSA) is 168 Å². The Bertz CT molecular complexity index is 2010. The average Bonchev–Trinajstić information content (AvgIpc) is 3.22. The summed E-state index contributed by atoms with van der Waals surface area (Å²) in [5.41, 5.74) is 5.56. The normalized spacial score (nSPS) is 16.6. The van der Waals surface area contributed by atoms with Crippen molar-refractivity contribution in [1.29, 1.82) is 0 Å². The second kappa shape index (κ2) is 20.7. The van der Waals surface area contributed by atoms with E-state index in [4.69, 9.17) is 19.4 Å². The molecular weight excluding hydrogens is 727 g/mol. The molecule has 14 nitrogen and oxygen atoms in total. The van der Waals surface area contributed by atoms with Crippen LogP contribution in [0.3, 0.4) is 0 Å². The van der Waals surface area contributed by atoms with E-state index in [1.165, 1.54) is 0 Å². The summed E-state index contributed by atoms with van der Waals surface area (Å²) in [6.45, 7) is 4.07. The van der Waals surface area contributed by atoms with E-state index < -0.39 is 0 Å². The van der Waals surface area contributed by atoms with Gasteiger partial charge in [0.25, 0.3) is 0 Å². The third-order valence-corrected chi connectivity index (χ3v) is 8.60. The van der Waals surface area contributed by atoms with E-state index in [0.717, 1.165) is 47.0 Å². The van der Waals surface area contributed by atoms with Crippen molar-refractivity contribution in [2.45, 2.75) is 12.2 Å². The van der Waals surface area contributed by atoms with Crippen molar-refractivity contribution in [3.63, 3.8) is 0 Å². The molecule has 2 saturated heterocycles. The minimum atomic E-state index is -0.262. The number of morpholine rings is 2. The van der Waals surface area contributed by atoms with Gasteiger partial charge < -0.3 is 44.2 Å². The molecule has 4 heterocycles. The maximum atomic E-state index is 5.94. The Morgan fingerprint density at radius 1 is 0.464 bits per heavy atom. The van der Waals surface area contributed by atoms with Gasteiger partial charge in [-0.1, -0.05) is 72.8 Å². The maximum Gasteiger partial charge on any atom is 1.00 e. The number of para-hydroxylation sites is 2. The van der Waals surface area contributed by atoms with Crippen LogP contribution in [-0.4, -0.2) is 69.3 Å². The first-order valence-corrected chi connectivity index (χ1v) is 17.9. The molecule has 0 radical (unpaired) electrons. The van der Waals surface area contributed by atoms with Crippen molar-refractivity contribution in [3.8, 4) is 0 Å². The fraction of sp³-hybridized carbons (Fsp3) is 0.200. The standard InChI is InChI=1S/C40H40N12O2.2Na.2H/c1-3-7-29(8-4-1)43-37-47-35(33-25-41-21-23-53-33)49-39(51-37)45-31-17-13-27(14-18-31)11-12-28-15-19-32(20-16-28)46-40-50-36(34-26-42-22-24-54-34)48-38(52-40)44-30-9-5-2-6-10-30;;;;/h1-20,33-34,41-42H,21-26H2,(H2,43,45,47,49,51)(H2,44,46,48,50,52);;;;/q;2*+1;2*-1. The Morgan fingerprint density at radius 3 is 1.12 bits per heavy atom. The van der Waals surface area contributed by atoms with E-state index in [1.807, 2.05) is 109 Å². The van der Waals surface area contributed by atoms with E-state index in [2.05, 4.69) is 64.0 Å². The molecule has 2 aliphatic rings. The molecule has 2 fully saturated rings. The van der Waals surface area contributed by atoms with Crippen molar-refractivity contribution in [3.05, 3.63) is 132 Å². The van der Waals surface area contributed by atoms with Crippen LogP contribution in [0.5, 0.6) is 0 Å². The summed E-state index contributed by atoms with van der Waals surface area (Å²) in [6.07, 6.45) is 3.62. The first-order valence-electron chi connectivity index (χ1n) is 17.9. The zero-order chi connectivity index (χ0) is 36.4. The van der Waals surface area contributed by atoms with E-state index in [1.54, 1.807) is 0 Å². The molecule has 8 rings (SSSR count). The molecule has 56 heavy (non-hydrogen) atoms. The zero-order valence-corrected chi connectivity index (χ0v) is 35.4. The molecular formula is C40H42N12Na2O2. The molecule has 0 amide bonds. The molecule has 4 aromatic carbocycles. The summed E-state index contributed by atoms with van der Waals surface area (Å²) in [6, 6.07) is 35.8. The quantitative estimate of drug-likeness (QED) is 0.0763. The summed E-state index contributed by atoms with van der Waals surface area (Å²) in [5.74, 6) is 2.87. The molecule has 0 bridgehead atoms. The molecule has 0 spiro atoms. The number of rotatable bonds is 12. The summed E-state index contributed by atoms with van der Waals surface area (Å²) in [7, 11) is 0. The van der Waals surface area contributed by atoms with Gasteiger partial charge in [-0.3, -0.25) is 0 Å². The Hall–Kier alpha value is -4.32. The molecule has 2 unspecified atom stereocenters. The molecule has 0 aliphatic carbocycles. The van der Waals surface area contributed by atoms with Crippen LogP contribution >= 0.6 is 0 Å². The first kappa shape index (κ1) is 41.3. The third kappa shape index (κ3) is 11.6. The van der Waals surface area contributed by atoms with Gasteiger partial charge >= 0.3 is 59.1 Å². The summed E-state index contributed by atoms with van der Waals surface area (Å²) in [5, 5.41) is 19.9. The molecule has 6 N–H and O–H groups in total. The van der Waals surface area contributed by atoms with Gasteiger partial charge in [0.15, 0.2) is 11.6 Å². The largest absolute Gasteiger partial charge is 1.00 e. The van der Waals surface area contributed by atoms with Crippen molar-refractivity contribution in [2.24, 2.45) is 0 Å². The average molecular weight is 769 g/mol. The minimum absolute atomic E-state index is 0. The van der Waals surface area contributed by atoms with Crippen LogP contribution in [0.4, 0.5) is 46.5 Å². The number of nitrogens with one attached hydrogen (secondary N) is 6. The van der Waals surface area contributed by atoms with Gasteiger partial charge in [-0.2, -0.15) is 29.9 Å². The van der Waals surface area contributed by atoms with Crippen molar-refractivity contribution in [1.82, 2.24) is 40.5 Å². The van der Waals surface area contributed by atoms with Gasteiger partial charge in [0.05, 0.1) is 13.2 Å². The minimum Gasteiger partial charge on any atom is -1.00 e. The van der Waals surface area contributed by atoms with Crippen LogP contribution in [0, 0.1) is 0 Å². The van der Waals surface area contributed by atoms with E-state index >= 15 is 0 Å². The number of aromatic nitrogens is 6. The number of hydrogen-bond acceptors (Lipinski definition) is 14. The SMILES string of the molecule is C(=Cc1ccc(Nc2nc(Nc3ccccc3)nc(C3CNCCO3)n2)cc1)c1ccc(Nc2nc(Nc3ccccc3)nc(C3CNCCO3)n2)cc1.[H-].[H-].[Na+].[Na+]. The van der Waals surface area contributed by atoms with Gasteiger partial charge in [0.2, 0.25) is 23.8 Å². The van der Waals surface area contributed by atoms with Crippen LogP contribution in [-0.2, 0) is 9.47 Å². The van der Waals surface area contributed by atoms with E-state index in [0.29, 0.717) is 61.7 Å². The first-order chi connectivity index (χ1) is 26.7. The molecule has 0 saturated carbocycles. The second-order valence-corrected chi connectivity index (χ2v) is 12.6. The summed E-state index contributed by atoms with van der Waals surface area (Å²) >= 11 is 0. The van der Waals surface area contributed by atoms with Crippen molar-refractivity contribution < 1.29 is 71.4 Å². The van der Waals surface area contributed by atoms with Gasteiger partial charge in [-0.15, -0.1) is 0 Å². The number of hydrogen-bond donors (Lipinski definition) is 6. The number of anilines is 8.